The molecule has 0 aromatic heterocycles. The van der Waals surface area contributed by atoms with Gasteiger partial charge in [0.05, 0.1) is 6.61 Å². The Balaban J connectivity index is 2.84. The summed E-state index contributed by atoms with van der Waals surface area (Å²) in [4.78, 5) is 10.5. The van der Waals surface area contributed by atoms with Gasteiger partial charge in [-0.05, 0) is 60.2 Å². The van der Waals surface area contributed by atoms with Crippen molar-refractivity contribution in [3.05, 3.63) is 29.3 Å². The molecule has 25 heavy (non-hydrogen) atoms. The highest BCUT2D eigenvalue weighted by Crippen LogP contribution is 2.40. The van der Waals surface area contributed by atoms with Gasteiger partial charge in [-0.3, -0.25) is 0 Å². The lowest BCUT2D eigenvalue weighted by atomic mass is 9.90. The maximum atomic E-state index is 10.5. The monoisotopic (exact) mass is 376 g/mol. The highest BCUT2D eigenvalue weighted by molar-refractivity contribution is 6.74. The number of aryl methyl sites for hydroxylation is 1. The van der Waals surface area contributed by atoms with Crippen molar-refractivity contribution in [3.63, 3.8) is 0 Å². The normalized spacial score (nSPS) is 14.0. The van der Waals surface area contributed by atoms with Gasteiger partial charge in [0, 0.05) is 0 Å². The Kier molecular flexibility index (Phi) is 6.99. The molecule has 0 saturated heterocycles. The minimum atomic E-state index is -2.18. The minimum absolute atomic E-state index is 0.0184. The van der Waals surface area contributed by atoms with E-state index in [1.54, 1.807) is 0 Å². The molecule has 0 aliphatic rings. The molecule has 1 aromatic carbocycles. The molecule has 5 heteroatoms. The summed E-state index contributed by atoms with van der Waals surface area (Å²) in [6.45, 7) is 20.3. The Labute approximate surface area is 159 Å². The minimum Gasteiger partial charge on any atom is -0.432 e. The largest absolute Gasteiger partial charge is 0.432 e. The molecule has 0 aliphatic carbocycles. The van der Waals surface area contributed by atoms with Crippen LogP contribution in [0.15, 0.2) is 18.2 Å². The van der Waals surface area contributed by atoms with Crippen molar-refractivity contribution in [1.82, 2.24) is 0 Å². The Hall–Kier alpha value is -0.361. The molecule has 0 atom stereocenters. The van der Waals surface area contributed by atoms with Crippen LogP contribution in [0.1, 0.15) is 52.2 Å². The first kappa shape index (κ1) is 22.7. The third-order valence-corrected chi connectivity index (χ3v) is 14.2. The van der Waals surface area contributed by atoms with Gasteiger partial charge in [-0.2, -0.15) is 0 Å². The molecule has 140 valence electrons. The molecular formula is C20H37BO2Si2. The molecule has 1 rings (SSSR count). The number of rotatable bonds is 7. The van der Waals surface area contributed by atoms with Crippen molar-refractivity contribution in [2.24, 2.45) is 0 Å². The summed E-state index contributed by atoms with van der Waals surface area (Å²) in [5.74, 6) is 0. The topological polar surface area (TPSA) is 29.5 Å². The lowest BCUT2D eigenvalue weighted by Gasteiger charge is -2.36. The van der Waals surface area contributed by atoms with E-state index in [1.165, 1.54) is 5.56 Å². The van der Waals surface area contributed by atoms with E-state index in [9.17, 15) is 4.80 Å². The highest BCUT2D eigenvalue weighted by Gasteiger charge is 2.38. The van der Waals surface area contributed by atoms with Gasteiger partial charge in [0.15, 0.2) is 16.6 Å². The molecule has 1 N–H and O–H groups in total. The third kappa shape index (κ3) is 6.38. The van der Waals surface area contributed by atoms with Crippen LogP contribution in [0.5, 0.6) is 0 Å². The van der Waals surface area contributed by atoms with E-state index >= 15 is 0 Å². The van der Waals surface area contributed by atoms with Crippen LogP contribution in [0, 0.1) is 0 Å². The van der Waals surface area contributed by atoms with Gasteiger partial charge in [0.2, 0.25) is 0 Å². The summed E-state index contributed by atoms with van der Waals surface area (Å²) in [6, 6.07) is 6.29. The zero-order chi connectivity index (χ0) is 19.7. The lowest BCUT2D eigenvalue weighted by Crippen LogP contribution is -2.40. The molecule has 1 aromatic rings. The molecule has 0 amide bonds. The van der Waals surface area contributed by atoms with Gasteiger partial charge < -0.3 is 9.22 Å². The van der Waals surface area contributed by atoms with E-state index in [4.69, 9.17) is 12.3 Å². The second-order valence-electron chi connectivity index (χ2n) is 10.1. The SMILES string of the molecule is [B]c1cc(CCC(C)(C)[Si](C)(C)O)cc(CO[Si](C)(C)C(C)(C)C)c1. The molecule has 0 saturated carbocycles. The summed E-state index contributed by atoms with van der Waals surface area (Å²) in [5.41, 5.74) is 3.18. The van der Waals surface area contributed by atoms with Crippen LogP contribution in [0.3, 0.4) is 0 Å². The van der Waals surface area contributed by atoms with E-state index in [0.717, 1.165) is 23.9 Å². The third-order valence-electron chi connectivity index (χ3n) is 6.18. The van der Waals surface area contributed by atoms with Crippen LogP contribution < -0.4 is 5.46 Å². The fourth-order valence-corrected chi connectivity index (χ4v) is 3.96. The van der Waals surface area contributed by atoms with E-state index in [-0.39, 0.29) is 10.1 Å². The first-order chi connectivity index (χ1) is 11.1. The standard InChI is InChI=1S/C20H37BO2Si2/c1-19(2,3)25(8,9)23-15-17-12-16(13-18(21)14-17)10-11-20(4,5)24(6,7)22/h12-14,22H,10-11,15H2,1-9H3. The Morgan fingerprint density at radius 2 is 1.48 bits per heavy atom. The first-order valence-corrected chi connectivity index (χ1v) is 15.2. The number of hydrogen-bond acceptors (Lipinski definition) is 2. The second-order valence-corrected chi connectivity index (χ2v) is 19.4. The smallest absolute Gasteiger partial charge is 0.192 e. The average molecular weight is 376 g/mol. The van der Waals surface area contributed by atoms with Gasteiger partial charge in [0.1, 0.15) is 7.85 Å². The van der Waals surface area contributed by atoms with Crippen LogP contribution in [0.4, 0.5) is 0 Å². The first-order valence-electron chi connectivity index (χ1n) is 9.30. The van der Waals surface area contributed by atoms with Crippen molar-refractivity contribution >= 4 is 29.9 Å². The molecule has 2 radical (unpaired) electrons. The van der Waals surface area contributed by atoms with Gasteiger partial charge in [-0.15, -0.1) is 0 Å². The fraction of sp³-hybridized carbons (Fsp3) is 0.700. The average Bonchev–Trinajstić information content (AvgIpc) is 2.40. The molecule has 0 fully saturated rings. The predicted octanol–water partition coefficient (Wildman–Crippen LogP) is 4.91. The van der Waals surface area contributed by atoms with Crippen molar-refractivity contribution < 1.29 is 9.22 Å². The number of hydrogen-bond donors (Lipinski definition) is 1. The van der Waals surface area contributed by atoms with E-state index < -0.39 is 16.6 Å². The lowest BCUT2D eigenvalue weighted by molar-refractivity contribution is 0.276. The maximum absolute atomic E-state index is 10.5. The highest BCUT2D eigenvalue weighted by atomic mass is 28.4. The zero-order valence-electron chi connectivity index (χ0n) is 17.8. The van der Waals surface area contributed by atoms with E-state index in [2.05, 4.69) is 59.8 Å². The predicted molar refractivity (Wildman–Crippen MR) is 116 cm³/mol. The van der Waals surface area contributed by atoms with Crippen LogP contribution in [0.25, 0.3) is 0 Å². The van der Waals surface area contributed by atoms with Crippen molar-refractivity contribution in [2.45, 2.75) is 90.3 Å². The number of benzene rings is 1. The molecule has 0 bridgehead atoms. The summed E-state index contributed by atoms with van der Waals surface area (Å²) >= 11 is 0. The summed E-state index contributed by atoms with van der Waals surface area (Å²) in [6.07, 6.45) is 1.90. The van der Waals surface area contributed by atoms with Crippen LogP contribution in [-0.2, 0) is 17.5 Å². The molecular weight excluding hydrogens is 339 g/mol. The molecule has 0 unspecified atom stereocenters. The molecule has 0 heterocycles. The van der Waals surface area contributed by atoms with Crippen LogP contribution in [-0.4, -0.2) is 29.3 Å². The molecule has 2 nitrogen and oxygen atoms in total. The summed E-state index contributed by atoms with van der Waals surface area (Å²) in [5, 5.41) is 0.187. The van der Waals surface area contributed by atoms with E-state index in [0.29, 0.717) is 6.61 Å². The summed E-state index contributed by atoms with van der Waals surface area (Å²) < 4.78 is 6.34. The van der Waals surface area contributed by atoms with Crippen molar-refractivity contribution in [1.29, 1.82) is 0 Å². The Morgan fingerprint density at radius 1 is 0.960 bits per heavy atom. The fourth-order valence-electron chi connectivity index (χ4n) is 2.26. The quantitative estimate of drug-likeness (QED) is 0.685. The van der Waals surface area contributed by atoms with Gasteiger partial charge in [0.25, 0.3) is 0 Å². The maximum Gasteiger partial charge on any atom is 0.192 e. The molecule has 0 aliphatic heterocycles. The van der Waals surface area contributed by atoms with Gasteiger partial charge >= 0.3 is 0 Å². The Morgan fingerprint density at radius 3 is 1.96 bits per heavy atom. The molecule has 0 spiro atoms. The van der Waals surface area contributed by atoms with Crippen molar-refractivity contribution in [2.75, 3.05) is 0 Å². The van der Waals surface area contributed by atoms with Crippen molar-refractivity contribution in [3.8, 4) is 0 Å². The second kappa shape index (κ2) is 7.71. The Bertz CT molecular complexity index is 536. The van der Waals surface area contributed by atoms with Crippen LogP contribution >= 0.6 is 0 Å². The summed E-state index contributed by atoms with van der Waals surface area (Å²) in [7, 11) is 2.18. The van der Waals surface area contributed by atoms with Gasteiger partial charge in [-0.25, -0.2) is 0 Å². The van der Waals surface area contributed by atoms with Gasteiger partial charge in [-0.1, -0.05) is 58.3 Å². The van der Waals surface area contributed by atoms with Crippen LogP contribution in [0.2, 0.25) is 36.3 Å². The van der Waals surface area contributed by atoms with E-state index in [1.807, 2.05) is 19.2 Å². The zero-order valence-corrected chi connectivity index (χ0v) is 19.8.